The van der Waals surface area contributed by atoms with E-state index in [2.05, 4.69) is 10.6 Å². The van der Waals surface area contributed by atoms with Crippen LogP contribution in [0.5, 0.6) is 0 Å². The summed E-state index contributed by atoms with van der Waals surface area (Å²) in [6.45, 7) is 3.73. The minimum atomic E-state index is 0.153. The molecule has 0 amide bonds. The van der Waals surface area contributed by atoms with E-state index in [0.29, 0.717) is 6.04 Å². The Hall–Kier alpha value is -0.160. The third-order valence-corrected chi connectivity index (χ3v) is 3.39. The first kappa shape index (κ1) is 9.09. The molecule has 0 radical (unpaired) electrons. The standard InChI is InChI=1S/C10H18N2O2/c1-4-11-9(13-5-1)8-6-14-10(2-3-10)7-12-8/h8-9,11-12H,1-7H2. The van der Waals surface area contributed by atoms with Crippen LogP contribution < -0.4 is 10.6 Å². The highest BCUT2D eigenvalue weighted by Crippen LogP contribution is 2.40. The molecule has 3 rings (SSSR count). The monoisotopic (exact) mass is 198 g/mol. The van der Waals surface area contributed by atoms with Gasteiger partial charge in [-0.15, -0.1) is 0 Å². The van der Waals surface area contributed by atoms with Crippen molar-refractivity contribution in [1.29, 1.82) is 0 Å². The molecule has 1 aliphatic carbocycles. The van der Waals surface area contributed by atoms with E-state index in [1.54, 1.807) is 0 Å². The van der Waals surface area contributed by atoms with Gasteiger partial charge in [0.2, 0.25) is 0 Å². The second kappa shape index (κ2) is 3.45. The second-order valence-corrected chi connectivity index (χ2v) is 4.58. The van der Waals surface area contributed by atoms with Gasteiger partial charge in [-0.2, -0.15) is 0 Å². The molecular formula is C10H18N2O2. The van der Waals surface area contributed by atoms with Gasteiger partial charge in [0.15, 0.2) is 0 Å². The first-order valence-electron chi connectivity index (χ1n) is 5.60. The molecule has 0 aromatic rings. The Morgan fingerprint density at radius 1 is 1.21 bits per heavy atom. The number of hydrogen-bond donors (Lipinski definition) is 2. The van der Waals surface area contributed by atoms with Crippen molar-refractivity contribution >= 4 is 0 Å². The summed E-state index contributed by atoms with van der Waals surface area (Å²) in [5.41, 5.74) is 0.213. The average molecular weight is 198 g/mol. The summed E-state index contributed by atoms with van der Waals surface area (Å²) in [6.07, 6.45) is 3.73. The molecule has 1 spiro atoms. The molecule has 2 heterocycles. The van der Waals surface area contributed by atoms with E-state index < -0.39 is 0 Å². The Morgan fingerprint density at radius 2 is 2.14 bits per heavy atom. The zero-order valence-electron chi connectivity index (χ0n) is 8.42. The van der Waals surface area contributed by atoms with Gasteiger partial charge in [-0.25, -0.2) is 0 Å². The van der Waals surface area contributed by atoms with Gasteiger partial charge < -0.3 is 14.8 Å². The van der Waals surface area contributed by atoms with Gasteiger partial charge in [0.1, 0.15) is 6.23 Å². The fourth-order valence-electron chi connectivity index (χ4n) is 2.19. The Balaban J connectivity index is 1.53. The zero-order valence-corrected chi connectivity index (χ0v) is 8.42. The quantitative estimate of drug-likeness (QED) is 0.614. The Kier molecular flexibility index (Phi) is 2.24. The predicted octanol–water partition coefficient (Wildman–Crippen LogP) is -0.157. The van der Waals surface area contributed by atoms with Crippen LogP contribution in [0.1, 0.15) is 19.3 Å². The fraction of sp³-hybridized carbons (Fsp3) is 1.00. The molecule has 14 heavy (non-hydrogen) atoms. The highest BCUT2D eigenvalue weighted by atomic mass is 16.5. The third-order valence-electron chi connectivity index (χ3n) is 3.39. The molecule has 80 valence electrons. The maximum atomic E-state index is 5.86. The van der Waals surface area contributed by atoms with Crippen molar-refractivity contribution in [3.05, 3.63) is 0 Å². The average Bonchev–Trinajstić information content (AvgIpc) is 3.01. The largest absolute Gasteiger partial charge is 0.372 e. The van der Waals surface area contributed by atoms with Gasteiger partial charge in [-0.1, -0.05) is 0 Å². The molecule has 0 aromatic carbocycles. The van der Waals surface area contributed by atoms with E-state index in [-0.39, 0.29) is 11.8 Å². The minimum absolute atomic E-state index is 0.153. The van der Waals surface area contributed by atoms with Crippen molar-refractivity contribution in [1.82, 2.24) is 10.6 Å². The van der Waals surface area contributed by atoms with E-state index >= 15 is 0 Å². The number of ether oxygens (including phenoxy) is 2. The van der Waals surface area contributed by atoms with E-state index in [1.165, 1.54) is 12.8 Å². The summed E-state index contributed by atoms with van der Waals surface area (Å²) in [5, 5.41) is 6.90. The topological polar surface area (TPSA) is 42.5 Å². The SMILES string of the molecule is C1CNC(C2COC3(CC3)CN2)OC1. The summed E-state index contributed by atoms with van der Waals surface area (Å²) < 4.78 is 11.5. The molecule has 0 bridgehead atoms. The molecule has 2 N–H and O–H groups in total. The first-order valence-corrected chi connectivity index (χ1v) is 5.60. The Labute approximate surface area is 84.3 Å². The summed E-state index contributed by atoms with van der Waals surface area (Å²) in [7, 11) is 0. The molecule has 4 heteroatoms. The smallest absolute Gasteiger partial charge is 0.125 e. The molecule has 2 saturated heterocycles. The van der Waals surface area contributed by atoms with Crippen LogP contribution in [0.15, 0.2) is 0 Å². The van der Waals surface area contributed by atoms with E-state index in [4.69, 9.17) is 9.47 Å². The third kappa shape index (κ3) is 1.67. The highest BCUT2D eigenvalue weighted by molar-refractivity contribution is 5.02. The summed E-state index contributed by atoms with van der Waals surface area (Å²) >= 11 is 0. The molecule has 2 atom stereocenters. The molecule has 3 fully saturated rings. The number of hydrogen-bond acceptors (Lipinski definition) is 4. The van der Waals surface area contributed by atoms with Crippen LogP contribution in [0.4, 0.5) is 0 Å². The molecule has 4 nitrogen and oxygen atoms in total. The number of nitrogens with one attached hydrogen (secondary N) is 2. The van der Waals surface area contributed by atoms with Crippen LogP contribution in [0.2, 0.25) is 0 Å². The fourth-order valence-corrected chi connectivity index (χ4v) is 2.19. The van der Waals surface area contributed by atoms with E-state index in [9.17, 15) is 0 Å². The summed E-state index contributed by atoms with van der Waals surface area (Å²) in [4.78, 5) is 0. The molecule has 0 aromatic heterocycles. The van der Waals surface area contributed by atoms with Crippen molar-refractivity contribution in [3.63, 3.8) is 0 Å². The zero-order chi connectivity index (χ0) is 9.43. The van der Waals surface area contributed by atoms with Crippen molar-refractivity contribution in [3.8, 4) is 0 Å². The van der Waals surface area contributed by atoms with Crippen molar-refractivity contribution in [2.24, 2.45) is 0 Å². The normalized spacial score (nSPS) is 41.1. The van der Waals surface area contributed by atoms with E-state index in [0.717, 1.165) is 32.7 Å². The van der Waals surface area contributed by atoms with Crippen molar-refractivity contribution in [2.75, 3.05) is 26.3 Å². The van der Waals surface area contributed by atoms with Gasteiger partial charge in [0, 0.05) is 13.2 Å². The van der Waals surface area contributed by atoms with Gasteiger partial charge >= 0.3 is 0 Å². The maximum absolute atomic E-state index is 5.86. The molecular weight excluding hydrogens is 180 g/mol. The molecule has 2 aliphatic heterocycles. The second-order valence-electron chi connectivity index (χ2n) is 4.58. The number of rotatable bonds is 1. The molecule has 3 aliphatic rings. The summed E-state index contributed by atoms with van der Waals surface area (Å²) in [6, 6.07) is 0.335. The van der Waals surface area contributed by atoms with Crippen LogP contribution in [-0.4, -0.2) is 44.2 Å². The lowest BCUT2D eigenvalue weighted by atomic mass is 10.1. The predicted molar refractivity (Wildman–Crippen MR) is 52.1 cm³/mol. The minimum Gasteiger partial charge on any atom is -0.372 e. The van der Waals surface area contributed by atoms with Gasteiger partial charge in [-0.05, 0) is 25.8 Å². The Morgan fingerprint density at radius 3 is 2.71 bits per heavy atom. The lowest BCUT2D eigenvalue weighted by Gasteiger charge is -2.37. The first-order chi connectivity index (χ1) is 6.88. The lowest BCUT2D eigenvalue weighted by Crippen LogP contribution is -2.59. The van der Waals surface area contributed by atoms with Crippen LogP contribution in [-0.2, 0) is 9.47 Å². The van der Waals surface area contributed by atoms with E-state index in [1.807, 2.05) is 0 Å². The molecule has 2 unspecified atom stereocenters. The van der Waals surface area contributed by atoms with Crippen LogP contribution in [0.25, 0.3) is 0 Å². The van der Waals surface area contributed by atoms with Gasteiger partial charge in [-0.3, -0.25) is 5.32 Å². The van der Waals surface area contributed by atoms with Gasteiger partial charge in [0.05, 0.1) is 18.2 Å². The number of morpholine rings is 1. The van der Waals surface area contributed by atoms with Crippen LogP contribution >= 0.6 is 0 Å². The molecule has 1 saturated carbocycles. The van der Waals surface area contributed by atoms with Crippen LogP contribution in [0.3, 0.4) is 0 Å². The maximum Gasteiger partial charge on any atom is 0.125 e. The van der Waals surface area contributed by atoms with Crippen molar-refractivity contribution in [2.45, 2.75) is 37.1 Å². The van der Waals surface area contributed by atoms with Crippen LogP contribution in [0, 0.1) is 0 Å². The summed E-state index contributed by atoms with van der Waals surface area (Å²) in [5.74, 6) is 0. The lowest BCUT2D eigenvalue weighted by molar-refractivity contribution is -0.0851. The highest BCUT2D eigenvalue weighted by Gasteiger charge is 2.47. The van der Waals surface area contributed by atoms with Crippen molar-refractivity contribution < 1.29 is 9.47 Å². The van der Waals surface area contributed by atoms with Gasteiger partial charge in [0.25, 0.3) is 0 Å². The Bertz CT molecular complexity index is 202.